The minimum atomic E-state index is 0.0816. The molecule has 23 heavy (non-hydrogen) atoms. The molecule has 0 aliphatic carbocycles. The number of oxazole rings is 1. The number of hydrogen-bond donors (Lipinski definition) is 0. The summed E-state index contributed by atoms with van der Waals surface area (Å²) in [7, 11) is 0. The molecule has 3 nitrogen and oxygen atoms in total. The van der Waals surface area contributed by atoms with E-state index in [4.69, 9.17) is 9.15 Å². The van der Waals surface area contributed by atoms with Gasteiger partial charge in [0, 0.05) is 0 Å². The third-order valence-electron chi connectivity index (χ3n) is 3.73. The monoisotopic (exact) mass is 307 g/mol. The molecule has 0 spiro atoms. The smallest absolute Gasteiger partial charge is 0.231 e. The van der Waals surface area contributed by atoms with E-state index in [0.29, 0.717) is 12.5 Å². The van der Waals surface area contributed by atoms with Crippen LogP contribution in [0.1, 0.15) is 26.3 Å². The molecule has 0 saturated carbocycles. The zero-order valence-corrected chi connectivity index (χ0v) is 13.8. The number of para-hydroxylation sites is 1. The molecule has 0 bridgehead atoms. The van der Waals surface area contributed by atoms with E-state index in [9.17, 15) is 0 Å². The van der Waals surface area contributed by atoms with Crippen molar-refractivity contribution in [1.29, 1.82) is 0 Å². The van der Waals surface area contributed by atoms with E-state index in [2.05, 4.69) is 44.5 Å². The zero-order chi connectivity index (χ0) is 16.4. The molecule has 0 aliphatic rings. The second-order valence-electron chi connectivity index (χ2n) is 6.55. The van der Waals surface area contributed by atoms with Gasteiger partial charge < -0.3 is 9.15 Å². The van der Waals surface area contributed by atoms with Gasteiger partial charge >= 0.3 is 0 Å². The third kappa shape index (κ3) is 3.14. The fourth-order valence-electron chi connectivity index (χ4n) is 2.43. The van der Waals surface area contributed by atoms with Gasteiger partial charge in [0.15, 0.2) is 5.58 Å². The van der Waals surface area contributed by atoms with Crippen LogP contribution in [0, 0.1) is 0 Å². The van der Waals surface area contributed by atoms with E-state index in [1.165, 1.54) is 5.56 Å². The fourth-order valence-corrected chi connectivity index (χ4v) is 2.43. The van der Waals surface area contributed by atoms with E-state index in [1.54, 1.807) is 6.08 Å². The Kier molecular flexibility index (Phi) is 3.95. The molecule has 0 radical (unpaired) electrons. The maximum Gasteiger partial charge on any atom is 0.231 e. The Morgan fingerprint density at radius 1 is 1.17 bits per heavy atom. The van der Waals surface area contributed by atoms with Crippen LogP contribution in [0.4, 0.5) is 0 Å². The average molecular weight is 307 g/mol. The standard InChI is InChI=1S/C20H21NO2/c1-5-12-22-17-9-7-6-8-15(17)19-21-16-13-14(20(2,3)4)10-11-18(16)23-19/h5-11,13H,1,12H2,2-4H3. The molecule has 3 aromatic rings. The second-order valence-corrected chi connectivity index (χ2v) is 6.55. The Hall–Kier alpha value is -2.55. The molecule has 0 amide bonds. The highest BCUT2D eigenvalue weighted by Crippen LogP contribution is 2.33. The third-order valence-corrected chi connectivity index (χ3v) is 3.73. The van der Waals surface area contributed by atoms with Crippen molar-refractivity contribution >= 4 is 11.1 Å². The van der Waals surface area contributed by atoms with Gasteiger partial charge in [0.25, 0.3) is 0 Å². The molecule has 1 aromatic heterocycles. The molecular weight excluding hydrogens is 286 g/mol. The van der Waals surface area contributed by atoms with E-state index in [-0.39, 0.29) is 5.41 Å². The summed E-state index contributed by atoms with van der Waals surface area (Å²) in [6.45, 7) is 10.7. The van der Waals surface area contributed by atoms with Crippen LogP contribution in [0.2, 0.25) is 0 Å². The topological polar surface area (TPSA) is 35.3 Å². The van der Waals surface area contributed by atoms with Gasteiger partial charge in [0.1, 0.15) is 17.9 Å². The molecule has 0 fully saturated rings. The largest absolute Gasteiger partial charge is 0.489 e. The van der Waals surface area contributed by atoms with Gasteiger partial charge in [-0.05, 0) is 35.2 Å². The molecule has 0 N–H and O–H groups in total. The van der Waals surface area contributed by atoms with Gasteiger partial charge in [0.2, 0.25) is 5.89 Å². The van der Waals surface area contributed by atoms with E-state index in [1.807, 2.05) is 30.3 Å². The van der Waals surface area contributed by atoms with Crippen LogP contribution in [0.15, 0.2) is 59.5 Å². The highest BCUT2D eigenvalue weighted by atomic mass is 16.5. The summed E-state index contributed by atoms with van der Waals surface area (Å²) in [6, 6.07) is 13.9. The van der Waals surface area contributed by atoms with Crippen LogP contribution < -0.4 is 4.74 Å². The molecule has 0 saturated heterocycles. The van der Waals surface area contributed by atoms with Crippen molar-refractivity contribution in [1.82, 2.24) is 4.98 Å². The number of aromatic nitrogens is 1. The summed E-state index contributed by atoms with van der Waals surface area (Å²) in [4.78, 5) is 4.65. The van der Waals surface area contributed by atoms with Gasteiger partial charge in [-0.3, -0.25) is 0 Å². The van der Waals surface area contributed by atoms with Crippen molar-refractivity contribution in [2.75, 3.05) is 6.61 Å². The molecule has 0 unspecified atom stereocenters. The van der Waals surface area contributed by atoms with Crippen molar-refractivity contribution in [2.24, 2.45) is 0 Å². The maximum absolute atomic E-state index is 5.93. The average Bonchev–Trinajstić information content (AvgIpc) is 2.95. The molecule has 0 atom stereocenters. The van der Waals surface area contributed by atoms with Crippen LogP contribution in [0.5, 0.6) is 5.75 Å². The summed E-state index contributed by atoms with van der Waals surface area (Å²) in [6.07, 6.45) is 1.72. The Labute approximate surface area is 136 Å². The van der Waals surface area contributed by atoms with Crippen LogP contribution >= 0.6 is 0 Å². The first-order valence-corrected chi connectivity index (χ1v) is 7.73. The van der Waals surface area contributed by atoms with Gasteiger partial charge in [-0.25, -0.2) is 4.98 Å². The molecule has 1 heterocycles. The summed E-state index contributed by atoms with van der Waals surface area (Å²) >= 11 is 0. The highest BCUT2D eigenvalue weighted by Gasteiger charge is 2.17. The van der Waals surface area contributed by atoms with Crippen molar-refractivity contribution in [2.45, 2.75) is 26.2 Å². The summed E-state index contributed by atoms with van der Waals surface area (Å²) < 4.78 is 11.6. The lowest BCUT2D eigenvalue weighted by molar-refractivity contribution is 0.363. The number of ether oxygens (including phenoxy) is 1. The van der Waals surface area contributed by atoms with E-state index in [0.717, 1.165) is 22.4 Å². The Morgan fingerprint density at radius 2 is 1.96 bits per heavy atom. The minimum absolute atomic E-state index is 0.0816. The zero-order valence-electron chi connectivity index (χ0n) is 13.8. The maximum atomic E-state index is 5.93. The lowest BCUT2D eigenvalue weighted by atomic mass is 9.87. The molecule has 118 valence electrons. The minimum Gasteiger partial charge on any atom is -0.489 e. The lowest BCUT2D eigenvalue weighted by Crippen LogP contribution is -2.10. The van der Waals surface area contributed by atoms with Crippen molar-refractivity contribution in [3.8, 4) is 17.2 Å². The summed E-state index contributed by atoms with van der Waals surface area (Å²) in [5.41, 5.74) is 3.82. The molecule has 3 rings (SSSR count). The van der Waals surface area contributed by atoms with Crippen LogP contribution in [-0.2, 0) is 5.41 Å². The highest BCUT2D eigenvalue weighted by molar-refractivity contribution is 5.78. The first-order chi connectivity index (χ1) is 11.0. The normalized spacial score (nSPS) is 11.6. The van der Waals surface area contributed by atoms with Crippen LogP contribution in [0.3, 0.4) is 0 Å². The van der Waals surface area contributed by atoms with Crippen molar-refractivity contribution in [3.63, 3.8) is 0 Å². The second kappa shape index (κ2) is 5.92. The number of nitrogens with zero attached hydrogens (tertiary/aromatic N) is 1. The Balaban J connectivity index is 2.06. The first kappa shape index (κ1) is 15.3. The lowest BCUT2D eigenvalue weighted by Gasteiger charge is -2.18. The SMILES string of the molecule is C=CCOc1ccccc1-c1nc2cc(C(C)(C)C)ccc2o1. The quantitative estimate of drug-likeness (QED) is 0.609. The summed E-state index contributed by atoms with van der Waals surface area (Å²) in [5.74, 6) is 1.32. The fraction of sp³-hybridized carbons (Fsp3) is 0.250. The van der Waals surface area contributed by atoms with E-state index >= 15 is 0 Å². The first-order valence-electron chi connectivity index (χ1n) is 7.73. The van der Waals surface area contributed by atoms with Gasteiger partial charge in [-0.15, -0.1) is 0 Å². The van der Waals surface area contributed by atoms with E-state index < -0.39 is 0 Å². The summed E-state index contributed by atoms with van der Waals surface area (Å²) in [5, 5.41) is 0. The number of benzene rings is 2. The predicted molar refractivity (Wildman–Crippen MR) is 93.8 cm³/mol. The number of rotatable bonds is 4. The molecule has 3 heteroatoms. The Morgan fingerprint density at radius 3 is 2.70 bits per heavy atom. The Bertz CT molecular complexity index is 840. The van der Waals surface area contributed by atoms with Gasteiger partial charge in [-0.1, -0.05) is 51.6 Å². The van der Waals surface area contributed by atoms with Crippen LogP contribution in [-0.4, -0.2) is 11.6 Å². The number of fused-ring (bicyclic) bond motifs is 1. The van der Waals surface area contributed by atoms with Crippen molar-refractivity contribution < 1.29 is 9.15 Å². The van der Waals surface area contributed by atoms with Gasteiger partial charge in [-0.2, -0.15) is 0 Å². The molecule has 0 aliphatic heterocycles. The van der Waals surface area contributed by atoms with Gasteiger partial charge in [0.05, 0.1) is 5.56 Å². The van der Waals surface area contributed by atoms with Crippen molar-refractivity contribution in [3.05, 3.63) is 60.7 Å². The molecule has 2 aromatic carbocycles. The molecular formula is C20H21NO2. The van der Waals surface area contributed by atoms with Crippen LogP contribution in [0.25, 0.3) is 22.6 Å². The predicted octanol–water partition coefficient (Wildman–Crippen LogP) is 5.36. The number of hydrogen-bond acceptors (Lipinski definition) is 3.